The van der Waals surface area contributed by atoms with E-state index in [-0.39, 0.29) is 16.6 Å². The normalized spacial score (nSPS) is 23.8. The van der Waals surface area contributed by atoms with Gasteiger partial charge in [0.05, 0.1) is 9.89 Å². The molecule has 0 aromatic heterocycles. The molecular formula is C13H14BrF2NO2. The Hall–Kier alpha value is -1.01. The summed E-state index contributed by atoms with van der Waals surface area (Å²) in [6, 6.07) is 2.52. The minimum Gasteiger partial charge on any atom is -0.481 e. The lowest BCUT2D eigenvalue weighted by Gasteiger charge is -2.20. The molecule has 6 heteroatoms. The number of carboxylic acid groups (broad SMARTS) is 1. The number of carbonyl (C=O) groups is 1. The number of likely N-dealkylation sites (tertiary alicyclic amines) is 1. The highest BCUT2D eigenvalue weighted by molar-refractivity contribution is 9.10. The Bertz CT molecular complexity index is 524. The highest BCUT2D eigenvalue weighted by Gasteiger charge is 2.40. The summed E-state index contributed by atoms with van der Waals surface area (Å²) in [5.41, 5.74) is -0.858. The quantitative estimate of drug-likeness (QED) is 0.864. The van der Waals surface area contributed by atoms with Crippen molar-refractivity contribution in [2.45, 2.75) is 19.9 Å². The molecule has 0 radical (unpaired) electrons. The molecule has 19 heavy (non-hydrogen) atoms. The predicted molar refractivity (Wildman–Crippen MR) is 69.7 cm³/mol. The van der Waals surface area contributed by atoms with E-state index in [0.717, 1.165) is 0 Å². The van der Waals surface area contributed by atoms with Crippen molar-refractivity contribution in [1.29, 1.82) is 0 Å². The molecule has 1 aromatic carbocycles. The van der Waals surface area contributed by atoms with E-state index in [0.29, 0.717) is 19.5 Å². The second kappa shape index (κ2) is 5.17. The largest absolute Gasteiger partial charge is 0.481 e. The van der Waals surface area contributed by atoms with Gasteiger partial charge in [-0.15, -0.1) is 0 Å². The van der Waals surface area contributed by atoms with Gasteiger partial charge in [0.25, 0.3) is 0 Å². The van der Waals surface area contributed by atoms with Crippen LogP contribution in [0.3, 0.4) is 0 Å². The van der Waals surface area contributed by atoms with Crippen LogP contribution >= 0.6 is 15.9 Å². The van der Waals surface area contributed by atoms with Gasteiger partial charge in [-0.2, -0.15) is 0 Å². The molecule has 0 amide bonds. The lowest BCUT2D eigenvalue weighted by molar-refractivity contribution is -0.147. The summed E-state index contributed by atoms with van der Waals surface area (Å²) >= 11 is 3.02. The lowest BCUT2D eigenvalue weighted by atomic mass is 9.90. The summed E-state index contributed by atoms with van der Waals surface area (Å²) in [6.07, 6.45) is 0.486. The first kappa shape index (κ1) is 14.4. The number of benzene rings is 1. The number of halogens is 3. The van der Waals surface area contributed by atoms with Gasteiger partial charge in [0.15, 0.2) is 0 Å². The highest BCUT2D eigenvalue weighted by Crippen LogP contribution is 2.32. The van der Waals surface area contributed by atoms with E-state index in [9.17, 15) is 13.6 Å². The van der Waals surface area contributed by atoms with Gasteiger partial charge in [0.2, 0.25) is 0 Å². The number of hydrogen-bond donors (Lipinski definition) is 1. The Labute approximate surface area is 118 Å². The first-order valence-corrected chi connectivity index (χ1v) is 6.71. The van der Waals surface area contributed by atoms with Crippen molar-refractivity contribution >= 4 is 21.9 Å². The van der Waals surface area contributed by atoms with Crippen LogP contribution < -0.4 is 0 Å². The van der Waals surface area contributed by atoms with Gasteiger partial charge in [0, 0.05) is 18.7 Å². The van der Waals surface area contributed by atoms with Gasteiger partial charge in [0.1, 0.15) is 11.6 Å². The van der Waals surface area contributed by atoms with Crippen molar-refractivity contribution < 1.29 is 18.7 Å². The van der Waals surface area contributed by atoms with Crippen LogP contribution in [0, 0.1) is 17.0 Å². The molecule has 3 nitrogen and oxygen atoms in total. The van der Waals surface area contributed by atoms with Crippen molar-refractivity contribution in [3.05, 3.63) is 33.8 Å². The SMILES string of the molecule is CC1(C(=O)O)CCN(Cc2c(F)ccc(Br)c2F)C1. The zero-order chi connectivity index (χ0) is 14.2. The van der Waals surface area contributed by atoms with Crippen LogP contribution in [-0.4, -0.2) is 29.1 Å². The maximum atomic E-state index is 13.8. The fourth-order valence-electron chi connectivity index (χ4n) is 2.30. The molecule has 1 aromatic rings. The molecule has 0 bridgehead atoms. The molecule has 0 saturated carbocycles. The van der Waals surface area contributed by atoms with Crippen molar-refractivity contribution in [3.63, 3.8) is 0 Å². The molecular weight excluding hydrogens is 320 g/mol. The molecule has 1 fully saturated rings. The summed E-state index contributed by atoms with van der Waals surface area (Å²) in [7, 11) is 0. The first-order chi connectivity index (χ1) is 8.83. The van der Waals surface area contributed by atoms with E-state index in [1.54, 1.807) is 11.8 Å². The van der Waals surface area contributed by atoms with Gasteiger partial charge >= 0.3 is 5.97 Å². The number of nitrogens with zero attached hydrogens (tertiary/aromatic N) is 1. The van der Waals surface area contributed by atoms with Gasteiger partial charge < -0.3 is 5.11 Å². The number of aliphatic carboxylic acids is 1. The monoisotopic (exact) mass is 333 g/mol. The van der Waals surface area contributed by atoms with Gasteiger partial charge in [-0.1, -0.05) is 0 Å². The van der Waals surface area contributed by atoms with E-state index in [2.05, 4.69) is 15.9 Å². The lowest BCUT2D eigenvalue weighted by Crippen LogP contribution is -2.31. The van der Waals surface area contributed by atoms with E-state index in [1.807, 2.05) is 0 Å². The zero-order valence-corrected chi connectivity index (χ0v) is 12.0. The summed E-state index contributed by atoms with van der Waals surface area (Å²) in [4.78, 5) is 12.9. The number of hydrogen-bond acceptors (Lipinski definition) is 2. The van der Waals surface area contributed by atoms with Crippen LogP contribution in [0.1, 0.15) is 18.9 Å². The van der Waals surface area contributed by atoms with Crippen molar-refractivity contribution in [3.8, 4) is 0 Å². The fourth-order valence-corrected chi connectivity index (χ4v) is 2.68. The smallest absolute Gasteiger partial charge is 0.310 e. The summed E-state index contributed by atoms with van der Waals surface area (Å²) in [5.74, 6) is -2.10. The van der Waals surface area contributed by atoms with E-state index >= 15 is 0 Å². The molecule has 1 N–H and O–H groups in total. The third-order valence-corrected chi connectivity index (χ3v) is 4.20. The Kier molecular flexibility index (Phi) is 3.92. The van der Waals surface area contributed by atoms with Crippen LogP contribution in [0.25, 0.3) is 0 Å². The van der Waals surface area contributed by atoms with E-state index < -0.39 is 23.0 Å². The Balaban J connectivity index is 2.16. The maximum absolute atomic E-state index is 13.8. The molecule has 1 unspecified atom stereocenters. The molecule has 1 aliphatic heterocycles. The molecule has 1 saturated heterocycles. The van der Waals surface area contributed by atoms with E-state index in [4.69, 9.17) is 5.11 Å². The maximum Gasteiger partial charge on any atom is 0.310 e. The topological polar surface area (TPSA) is 40.5 Å². The van der Waals surface area contributed by atoms with E-state index in [1.165, 1.54) is 12.1 Å². The van der Waals surface area contributed by atoms with Crippen LogP contribution in [-0.2, 0) is 11.3 Å². The van der Waals surface area contributed by atoms with Gasteiger partial charge in [-0.25, -0.2) is 8.78 Å². The average molecular weight is 334 g/mol. The van der Waals surface area contributed by atoms with Crippen LogP contribution in [0.4, 0.5) is 8.78 Å². The Morgan fingerprint density at radius 3 is 2.79 bits per heavy atom. The third kappa shape index (κ3) is 2.79. The van der Waals surface area contributed by atoms with Crippen LogP contribution in [0.5, 0.6) is 0 Å². The minimum atomic E-state index is -0.870. The zero-order valence-electron chi connectivity index (χ0n) is 10.4. The summed E-state index contributed by atoms with van der Waals surface area (Å²) in [6.45, 7) is 2.56. The number of carboxylic acids is 1. The van der Waals surface area contributed by atoms with Gasteiger partial charge in [-0.3, -0.25) is 9.69 Å². The Morgan fingerprint density at radius 2 is 2.21 bits per heavy atom. The molecule has 1 atom stereocenters. The van der Waals surface area contributed by atoms with Crippen molar-refractivity contribution in [2.24, 2.45) is 5.41 Å². The molecule has 1 heterocycles. The average Bonchev–Trinajstić information content (AvgIpc) is 2.73. The van der Waals surface area contributed by atoms with Crippen LogP contribution in [0.2, 0.25) is 0 Å². The second-order valence-corrected chi connectivity index (χ2v) is 6.00. The molecule has 2 rings (SSSR count). The minimum absolute atomic E-state index is 0.0241. The van der Waals surface area contributed by atoms with Gasteiger partial charge in [-0.05, 0) is 48.0 Å². The van der Waals surface area contributed by atoms with Crippen molar-refractivity contribution in [1.82, 2.24) is 4.90 Å². The molecule has 0 aliphatic carbocycles. The highest BCUT2D eigenvalue weighted by atomic mass is 79.9. The van der Waals surface area contributed by atoms with Crippen LogP contribution in [0.15, 0.2) is 16.6 Å². The fraction of sp³-hybridized carbons (Fsp3) is 0.462. The predicted octanol–water partition coefficient (Wildman–Crippen LogP) is 3.02. The third-order valence-electron chi connectivity index (χ3n) is 3.59. The molecule has 0 spiro atoms. The Morgan fingerprint density at radius 1 is 1.53 bits per heavy atom. The summed E-state index contributed by atoms with van der Waals surface area (Å²) < 4.78 is 27.7. The molecule has 104 valence electrons. The standard InChI is InChI=1S/C13H14BrF2NO2/c1-13(12(18)19)4-5-17(7-13)6-8-10(15)3-2-9(14)11(8)16/h2-3H,4-7H2,1H3,(H,18,19). The molecule has 1 aliphatic rings. The summed E-state index contributed by atoms with van der Waals surface area (Å²) in [5, 5.41) is 9.13. The van der Waals surface area contributed by atoms with Crippen molar-refractivity contribution in [2.75, 3.05) is 13.1 Å². The first-order valence-electron chi connectivity index (χ1n) is 5.91. The number of rotatable bonds is 3. The second-order valence-electron chi connectivity index (χ2n) is 5.15.